The Morgan fingerprint density at radius 1 is 0.547 bits per heavy atom. The van der Waals surface area contributed by atoms with Crippen molar-refractivity contribution in [3.8, 4) is 56.3 Å². The fraction of sp³-hybridized carbons (Fsp3) is 0.167. The second kappa shape index (κ2) is 24.9. The van der Waals surface area contributed by atoms with E-state index in [0.29, 0.717) is 47.8 Å². The van der Waals surface area contributed by atoms with Gasteiger partial charge in [-0.3, -0.25) is 28.7 Å². The molecule has 0 aliphatic carbocycles. The van der Waals surface area contributed by atoms with Gasteiger partial charge in [0.1, 0.15) is 11.5 Å². The van der Waals surface area contributed by atoms with E-state index >= 15 is 0 Å². The van der Waals surface area contributed by atoms with Gasteiger partial charge in [0.25, 0.3) is 11.1 Å². The fourth-order valence-corrected chi connectivity index (χ4v) is 8.58. The summed E-state index contributed by atoms with van der Waals surface area (Å²) in [5, 5.41) is 27.6. The number of rotatable bonds is 14. The molecular formula is C60H57ClN8O6. The van der Waals surface area contributed by atoms with Crippen LogP contribution in [0.1, 0.15) is 11.1 Å². The summed E-state index contributed by atoms with van der Waals surface area (Å²) in [6.45, 7) is 0.531. The second-order valence-electron chi connectivity index (χ2n) is 17.6. The van der Waals surface area contributed by atoms with Crippen LogP contribution in [0, 0.1) is 0 Å². The predicted molar refractivity (Wildman–Crippen MR) is 299 cm³/mol. The lowest BCUT2D eigenvalue weighted by atomic mass is 9.98. The Morgan fingerprint density at radius 3 is 1.43 bits per heavy atom. The normalized spacial score (nSPS) is 11.7. The van der Waals surface area contributed by atoms with Crippen molar-refractivity contribution in [2.75, 3.05) is 32.6 Å². The number of aromatic nitrogens is 6. The van der Waals surface area contributed by atoms with Crippen LogP contribution in [0.25, 0.3) is 66.3 Å². The number of fused-ring (bicyclic) bond motifs is 2. The largest absolute Gasteiger partial charge is 0.497 e. The SMILES string of the molecule is COc1ccc(CC(O)CN)cc1.COc1ccc(CC(O)CNc2nc(-c3ccncc3)c(-c3ccc4ccccc4c3)c(=O)n2C)cc1.Cn1c(Cl)nc(-c2ccncc2)c(-c2ccc3ccccc3c2)c1=O. The van der Waals surface area contributed by atoms with Crippen LogP contribution < -0.4 is 31.6 Å². The molecule has 0 saturated heterocycles. The maximum absolute atomic E-state index is 13.7. The van der Waals surface area contributed by atoms with Crippen LogP contribution in [0.4, 0.5) is 5.95 Å². The van der Waals surface area contributed by atoms with E-state index in [2.05, 4.69) is 20.3 Å². The first-order chi connectivity index (χ1) is 36.4. The average Bonchev–Trinajstić information content (AvgIpc) is 3.46. The van der Waals surface area contributed by atoms with Crippen LogP contribution in [0.2, 0.25) is 5.28 Å². The van der Waals surface area contributed by atoms with E-state index in [1.54, 1.807) is 53.1 Å². The third-order valence-corrected chi connectivity index (χ3v) is 12.9. The molecule has 2 unspecified atom stereocenters. The van der Waals surface area contributed by atoms with Crippen LogP contribution in [0.15, 0.2) is 192 Å². The minimum absolute atomic E-state index is 0.154. The number of aliphatic hydroxyl groups excluding tert-OH is 2. The Bertz CT molecular complexity index is 3630. The average molecular weight is 1020 g/mol. The molecule has 0 bridgehead atoms. The third kappa shape index (κ3) is 13.0. The van der Waals surface area contributed by atoms with E-state index in [1.807, 2.05) is 158 Å². The van der Waals surface area contributed by atoms with Gasteiger partial charge in [-0.1, -0.05) is 97.1 Å². The zero-order chi connectivity index (χ0) is 52.8. The van der Waals surface area contributed by atoms with E-state index in [0.717, 1.165) is 66.4 Å². The minimum Gasteiger partial charge on any atom is -0.497 e. The highest BCUT2D eigenvalue weighted by molar-refractivity contribution is 6.28. The molecule has 0 fully saturated rings. The smallest absolute Gasteiger partial charge is 0.263 e. The quantitative estimate of drug-likeness (QED) is 0.0756. The number of hydrogen-bond donors (Lipinski definition) is 4. The molecule has 6 aromatic carbocycles. The zero-order valence-electron chi connectivity index (χ0n) is 42.0. The van der Waals surface area contributed by atoms with E-state index in [1.165, 1.54) is 9.13 Å². The molecule has 380 valence electrons. The summed E-state index contributed by atoms with van der Waals surface area (Å²) in [5.41, 5.74) is 12.4. The Labute approximate surface area is 439 Å². The molecule has 0 radical (unpaired) electrons. The highest BCUT2D eigenvalue weighted by atomic mass is 35.5. The van der Waals surface area contributed by atoms with Gasteiger partial charge in [-0.15, -0.1) is 0 Å². The van der Waals surface area contributed by atoms with Crippen molar-refractivity contribution < 1.29 is 19.7 Å². The molecule has 10 rings (SSSR count). The summed E-state index contributed by atoms with van der Waals surface area (Å²) in [4.78, 5) is 44.1. The molecule has 10 aromatic rings. The number of aliphatic hydroxyl groups is 2. The fourth-order valence-electron chi connectivity index (χ4n) is 8.42. The lowest BCUT2D eigenvalue weighted by molar-refractivity contribution is 0.183. The number of anilines is 1. The molecule has 0 aliphatic rings. The Kier molecular flexibility index (Phi) is 17.5. The number of benzene rings is 6. The molecule has 15 heteroatoms. The zero-order valence-corrected chi connectivity index (χ0v) is 42.7. The van der Waals surface area contributed by atoms with Crippen molar-refractivity contribution in [3.05, 3.63) is 220 Å². The number of pyridine rings is 2. The topological polar surface area (TPSA) is 193 Å². The molecule has 4 heterocycles. The first-order valence-corrected chi connectivity index (χ1v) is 24.5. The first-order valence-electron chi connectivity index (χ1n) is 24.2. The molecule has 2 atom stereocenters. The van der Waals surface area contributed by atoms with E-state index in [4.69, 9.17) is 31.8 Å². The number of hydrogen-bond acceptors (Lipinski definition) is 12. The van der Waals surface area contributed by atoms with E-state index in [-0.39, 0.29) is 22.9 Å². The van der Waals surface area contributed by atoms with Crippen LogP contribution in [-0.4, -0.2) is 78.8 Å². The van der Waals surface area contributed by atoms with E-state index in [9.17, 15) is 19.8 Å². The highest BCUT2D eigenvalue weighted by Crippen LogP contribution is 2.32. The third-order valence-electron chi connectivity index (χ3n) is 12.5. The van der Waals surface area contributed by atoms with Crippen LogP contribution >= 0.6 is 11.6 Å². The Balaban J connectivity index is 0.000000168. The number of ether oxygens (including phenoxy) is 2. The van der Waals surface area contributed by atoms with Crippen LogP contribution in [0.5, 0.6) is 11.5 Å². The van der Waals surface area contributed by atoms with E-state index < -0.39 is 12.2 Å². The summed E-state index contributed by atoms with van der Waals surface area (Å²) >= 11 is 6.16. The molecule has 14 nitrogen and oxygen atoms in total. The summed E-state index contributed by atoms with van der Waals surface area (Å²) in [7, 11) is 6.56. The number of nitrogens with one attached hydrogen (secondary N) is 1. The molecule has 5 N–H and O–H groups in total. The van der Waals surface area contributed by atoms with Crippen molar-refractivity contribution in [2.45, 2.75) is 25.0 Å². The van der Waals surface area contributed by atoms with Gasteiger partial charge in [0, 0.05) is 69.5 Å². The molecule has 0 amide bonds. The highest BCUT2D eigenvalue weighted by Gasteiger charge is 2.20. The lowest BCUT2D eigenvalue weighted by Crippen LogP contribution is -2.29. The van der Waals surface area contributed by atoms with Gasteiger partial charge >= 0.3 is 0 Å². The number of methoxy groups -OCH3 is 2. The molecule has 4 aromatic heterocycles. The molecule has 0 aliphatic heterocycles. The van der Waals surface area contributed by atoms with Crippen molar-refractivity contribution in [1.29, 1.82) is 0 Å². The molecule has 0 spiro atoms. The second-order valence-corrected chi connectivity index (χ2v) is 18.0. The number of nitrogens with zero attached hydrogens (tertiary/aromatic N) is 6. The van der Waals surface area contributed by atoms with Crippen molar-refractivity contribution in [1.82, 2.24) is 29.1 Å². The predicted octanol–water partition coefficient (Wildman–Crippen LogP) is 9.56. The van der Waals surface area contributed by atoms with Gasteiger partial charge in [0.2, 0.25) is 11.2 Å². The Hall–Kier alpha value is -8.53. The van der Waals surface area contributed by atoms with Gasteiger partial charge in [-0.2, -0.15) is 0 Å². The van der Waals surface area contributed by atoms with Gasteiger partial charge in [-0.25, -0.2) is 9.97 Å². The summed E-state index contributed by atoms with van der Waals surface area (Å²) in [5.74, 6) is 1.98. The minimum atomic E-state index is -0.671. The number of halogens is 1. The van der Waals surface area contributed by atoms with Gasteiger partial charge in [0.15, 0.2) is 0 Å². The van der Waals surface area contributed by atoms with Gasteiger partial charge in [-0.05, 0) is 122 Å². The van der Waals surface area contributed by atoms with Gasteiger partial charge in [0.05, 0.1) is 48.9 Å². The maximum atomic E-state index is 13.7. The molecule has 75 heavy (non-hydrogen) atoms. The van der Waals surface area contributed by atoms with Crippen LogP contribution in [-0.2, 0) is 26.9 Å². The standard InChI is InChI=1S/C30H28N4O3.C20H14ClN3O.C10H15NO2/c1-34-29(36)27(24-10-9-21-5-3-4-6-23(21)18-24)28(22-13-15-31-16-14-22)33-30(34)32-19-25(35)17-20-7-11-26(37-2)12-8-20;1-24-19(25)17(16-7-6-13-4-2-3-5-15(13)12-16)18(23-20(24)21)14-8-10-22-11-9-14;1-13-10-4-2-8(3-5-10)6-9(12)7-11/h3-16,18,25,35H,17,19H2,1-2H3,(H,32,33);2-12H,1H3;2-5,9,12H,6-7,11H2,1H3. The summed E-state index contributed by atoms with van der Waals surface area (Å²) in [6, 6.07) is 50.6. The monoisotopic (exact) mass is 1020 g/mol. The number of nitrogens with two attached hydrogens (primary N) is 1. The van der Waals surface area contributed by atoms with Crippen molar-refractivity contribution in [2.24, 2.45) is 19.8 Å². The van der Waals surface area contributed by atoms with Gasteiger partial charge < -0.3 is 30.7 Å². The first kappa shape index (κ1) is 52.8. The van der Waals surface area contributed by atoms with Crippen LogP contribution in [0.3, 0.4) is 0 Å². The molecule has 0 saturated carbocycles. The lowest BCUT2D eigenvalue weighted by Gasteiger charge is -2.18. The van der Waals surface area contributed by atoms with Crippen molar-refractivity contribution in [3.63, 3.8) is 0 Å². The summed E-state index contributed by atoms with van der Waals surface area (Å²) < 4.78 is 13.1. The maximum Gasteiger partial charge on any atom is 0.263 e. The Morgan fingerprint density at radius 2 is 0.973 bits per heavy atom. The summed E-state index contributed by atoms with van der Waals surface area (Å²) in [6.07, 6.45) is 6.65. The van der Waals surface area contributed by atoms with Crippen molar-refractivity contribution >= 4 is 39.1 Å². The molecular weight excluding hydrogens is 964 g/mol.